The Balaban J connectivity index is 2.12. The van der Waals surface area contributed by atoms with Crippen molar-refractivity contribution in [3.63, 3.8) is 0 Å². The van der Waals surface area contributed by atoms with Gasteiger partial charge in [0, 0.05) is 31.6 Å². The van der Waals surface area contributed by atoms with Crippen molar-refractivity contribution >= 4 is 7.67 Å². The van der Waals surface area contributed by atoms with Gasteiger partial charge in [-0.15, -0.1) is 0 Å². The summed E-state index contributed by atoms with van der Waals surface area (Å²) in [5, 5.41) is 0. The molecule has 2 unspecified atom stereocenters. The van der Waals surface area contributed by atoms with Gasteiger partial charge in [-0.05, 0) is 0 Å². The van der Waals surface area contributed by atoms with Crippen LogP contribution in [0.15, 0.2) is 0 Å². The zero-order valence-electron chi connectivity index (χ0n) is 8.61. The van der Waals surface area contributed by atoms with E-state index >= 15 is 0 Å². The van der Waals surface area contributed by atoms with E-state index in [0.717, 1.165) is 9.34 Å². The molecular formula is C4H9N2O2P. The largest absolute Gasteiger partial charge is 0.343 e. The first kappa shape index (κ1) is 3.01. The Hall–Kier alpha value is 0.110. The Kier molecular flexibility index (Phi) is 0.528. The van der Waals surface area contributed by atoms with Crippen LogP contribution in [-0.2, 0) is 4.57 Å². The van der Waals surface area contributed by atoms with E-state index in [-0.39, 0.29) is 13.1 Å². The normalized spacial score (nSPS) is 63.7. The highest BCUT2D eigenvalue weighted by Crippen LogP contribution is 2.56. The molecule has 2 aliphatic rings. The average Bonchev–Trinajstić information content (AvgIpc) is 2.71. The highest BCUT2D eigenvalue weighted by Gasteiger charge is 2.46. The summed E-state index contributed by atoms with van der Waals surface area (Å²) in [6.45, 7) is -3.70. The Morgan fingerprint density at radius 1 is 1.44 bits per heavy atom. The van der Waals surface area contributed by atoms with Crippen molar-refractivity contribution in [1.82, 2.24) is 9.34 Å². The number of nitrogens with zero attached hydrogens (tertiary/aromatic N) is 2. The van der Waals surface area contributed by atoms with Gasteiger partial charge in [-0.2, -0.15) is 0 Å². The molecule has 2 aliphatic heterocycles. The van der Waals surface area contributed by atoms with Crippen molar-refractivity contribution in [3.05, 3.63) is 0 Å². The zero-order chi connectivity index (χ0) is 10.1. The molecule has 0 bridgehead atoms. The summed E-state index contributed by atoms with van der Waals surface area (Å²) >= 11 is 0. The minimum atomic E-state index is -3.94. The van der Waals surface area contributed by atoms with E-state index in [1.165, 1.54) is 0 Å². The molecule has 4 nitrogen and oxygen atoms in total. The number of hydrogen-bond acceptors (Lipinski definition) is 1. The molecule has 2 atom stereocenters. The van der Waals surface area contributed by atoms with Gasteiger partial charge >= 0.3 is 7.67 Å². The molecular weight excluding hydrogens is 139 g/mol. The molecule has 0 aromatic rings. The maximum Gasteiger partial charge on any atom is 0.343 e. The molecule has 0 spiro atoms. The summed E-state index contributed by atoms with van der Waals surface area (Å²) in [4.78, 5) is 9.39. The predicted molar refractivity (Wildman–Crippen MR) is 33.0 cm³/mol. The third-order valence-corrected chi connectivity index (χ3v) is 3.05. The van der Waals surface area contributed by atoms with Gasteiger partial charge in [-0.1, -0.05) is 0 Å². The van der Waals surface area contributed by atoms with Crippen molar-refractivity contribution in [2.24, 2.45) is 0 Å². The topological polar surface area (TPSA) is 43.3 Å². The van der Waals surface area contributed by atoms with Gasteiger partial charge in [0.05, 0.1) is 0 Å². The lowest BCUT2D eigenvalue weighted by Gasteiger charge is -2.10. The molecule has 0 aromatic heterocycles. The van der Waals surface area contributed by atoms with Crippen LogP contribution in [-0.4, -0.2) is 40.3 Å². The predicted octanol–water partition coefficient (Wildman–Crippen LogP) is -0.282. The van der Waals surface area contributed by atoms with Crippen LogP contribution in [0, 0.1) is 0 Å². The Labute approximate surface area is 59.2 Å². The van der Waals surface area contributed by atoms with Crippen molar-refractivity contribution in [1.29, 1.82) is 0 Å². The van der Waals surface area contributed by atoms with Crippen LogP contribution in [0.25, 0.3) is 0 Å². The van der Waals surface area contributed by atoms with Gasteiger partial charge in [0.25, 0.3) is 0 Å². The van der Waals surface area contributed by atoms with Crippen LogP contribution < -0.4 is 0 Å². The van der Waals surface area contributed by atoms with Crippen LogP contribution in [0.3, 0.4) is 0 Å². The SMILES string of the molecule is [2H]C1([2H])CN1P(=O)(O)N1CC1([2H])[2H]. The van der Waals surface area contributed by atoms with Gasteiger partial charge in [-0.3, -0.25) is 4.57 Å². The van der Waals surface area contributed by atoms with Crippen molar-refractivity contribution < 1.29 is 14.9 Å². The molecule has 1 N–H and O–H groups in total. The fraction of sp³-hybridized carbons (Fsp3) is 1.00. The number of hydrogen-bond donors (Lipinski definition) is 1. The maximum absolute atomic E-state index is 11.5. The molecule has 5 heteroatoms. The summed E-state index contributed by atoms with van der Waals surface area (Å²) < 4.78 is 41.6. The van der Waals surface area contributed by atoms with E-state index in [1.807, 2.05) is 0 Å². The Bertz CT molecular complexity index is 283. The third kappa shape index (κ3) is 0.923. The summed E-state index contributed by atoms with van der Waals surface area (Å²) in [5.74, 6) is 0. The molecule has 0 radical (unpaired) electrons. The van der Waals surface area contributed by atoms with Gasteiger partial charge in [0.2, 0.25) is 0 Å². The van der Waals surface area contributed by atoms with Gasteiger partial charge in [-0.25, -0.2) is 9.34 Å². The van der Waals surface area contributed by atoms with E-state index < -0.39 is 20.7 Å². The fourth-order valence-corrected chi connectivity index (χ4v) is 1.69. The number of rotatable bonds is 2. The van der Waals surface area contributed by atoms with Gasteiger partial charge < -0.3 is 4.89 Å². The maximum atomic E-state index is 11.5. The van der Waals surface area contributed by atoms with Gasteiger partial charge in [0.15, 0.2) is 0 Å². The third-order valence-electron chi connectivity index (χ3n) is 1.23. The van der Waals surface area contributed by atoms with E-state index in [2.05, 4.69) is 0 Å². The summed E-state index contributed by atoms with van der Waals surface area (Å²) in [7, 11) is -3.94. The first-order valence-corrected chi connectivity index (χ1v) is 4.13. The molecule has 0 saturated carbocycles. The van der Waals surface area contributed by atoms with Crippen molar-refractivity contribution in [2.75, 3.05) is 26.1 Å². The fourth-order valence-electron chi connectivity index (χ4n) is 0.562. The van der Waals surface area contributed by atoms with E-state index in [9.17, 15) is 9.46 Å². The van der Waals surface area contributed by atoms with E-state index in [0.29, 0.717) is 0 Å². The van der Waals surface area contributed by atoms with Gasteiger partial charge in [0.1, 0.15) is 0 Å². The molecule has 0 aliphatic carbocycles. The van der Waals surface area contributed by atoms with E-state index in [4.69, 9.17) is 5.48 Å². The molecule has 2 rings (SSSR count). The summed E-state index contributed by atoms with van der Waals surface area (Å²) in [6.07, 6.45) is 0. The lowest BCUT2D eigenvalue weighted by atomic mass is 11.0. The quantitative estimate of drug-likeness (QED) is 0.436. The van der Waals surface area contributed by atoms with Crippen molar-refractivity contribution in [2.45, 2.75) is 0 Å². The highest BCUT2D eigenvalue weighted by atomic mass is 31.2. The van der Waals surface area contributed by atoms with Crippen molar-refractivity contribution in [3.8, 4) is 0 Å². The minimum absolute atomic E-state index is 0.104. The lowest BCUT2D eigenvalue weighted by molar-refractivity contribution is 0.404. The standard InChI is InChI=1S/C4H9N2O2P/c7-9(8,5-1-2-5)6-3-4-6/h1-4H2,(H,7,8)/i1D2,3D2. The second-order valence-electron chi connectivity index (χ2n) is 1.94. The highest BCUT2D eigenvalue weighted by molar-refractivity contribution is 7.53. The first-order chi connectivity index (χ1) is 5.68. The summed E-state index contributed by atoms with van der Waals surface area (Å²) in [6, 6.07) is 0. The van der Waals surface area contributed by atoms with E-state index in [1.54, 1.807) is 0 Å². The molecule has 2 saturated heterocycles. The Morgan fingerprint density at radius 2 is 1.78 bits per heavy atom. The smallest absolute Gasteiger partial charge is 0.322 e. The second-order valence-corrected chi connectivity index (χ2v) is 3.94. The second kappa shape index (κ2) is 1.58. The molecule has 2 heterocycles. The zero-order valence-corrected chi connectivity index (χ0v) is 5.51. The van der Waals surface area contributed by atoms with Crippen LogP contribution in [0.5, 0.6) is 0 Å². The lowest BCUT2D eigenvalue weighted by Crippen LogP contribution is -2.01. The van der Waals surface area contributed by atoms with Crippen LogP contribution in [0.4, 0.5) is 0 Å². The summed E-state index contributed by atoms with van der Waals surface area (Å²) in [5.41, 5.74) is 0. The first-order valence-electron chi connectivity index (χ1n) is 4.57. The molecule has 0 aromatic carbocycles. The molecule has 52 valence electrons. The molecule has 0 amide bonds. The van der Waals surface area contributed by atoms with Crippen LogP contribution in [0.2, 0.25) is 0 Å². The minimum Gasteiger partial charge on any atom is -0.322 e. The average molecular weight is 152 g/mol. The van der Waals surface area contributed by atoms with Crippen LogP contribution in [0.1, 0.15) is 5.48 Å². The monoisotopic (exact) mass is 152 g/mol. The molecule has 9 heavy (non-hydrogen) atoms. The molecule has 2 fully saturated rings. The Morgan fingerprint density at radius 3 is 2.00 bits per heavy atom. The van der Waals surface area contributed by atoms with Crippen LogP contribution >= 0.6 is 7.67 Å².